The van der Waals surface area contributed by atoms with Crippen LogP contribution < -0.4 is 5.32 Å². The van der Waals surface area contributed by atoms with Gasteiger partial charge in [-0.05, 0) is 43.5 Å². The van der Waals surface area contributed by atoms with Gasteiger partial charge < -0.3 is 5.32 Å². The minimum Gasteiger partial charge on any atom is -0.344 e. The highest BCUT2D eigenvalue weighted by Crippen LogP contribution is 2.16. The van der Waals surface area contributed by atoms with E-state index < -0.39 is 0 Å². The number of hydrogen-bond acceptors (Lipinski definition) is 1. The molecule has 0 radical (unpaired) electrons. The quantitative estimate of drug-likeness (QED) is 0.604. The number of nitrogens with one attached hydrogen (secondary N) is 1. The third-order valence-corrected chi connectivity index (χ3v) is 2.40. The molecule has 2 heteroatoms. The fourth-order valence-corrected chi connectivity index (χ4v) is 1.54. The molecule has 0 atom stereocenters. The van der Waals surface area contributed by atoms with Crippen LogP contribution in [0.5, 0.6) is 0 Å². The van der Waals surface area contributed by atoms with E-state index in [1.165, 1.54) is 5.56 Å². The van der Waals surface area contributed by atoms with Gasteiger partial charge in [-0.1, -0.05) is 31.7 Å². The Morgan fingerprint density at radius 1 is 1.41 bits per heavy atom. The van der Waals surface area contributed by atoms with E-state index in [0.29, 0.717) is 0 Å². The molecule has 0 spiro atoms. The normalized spacial score (nSPS) is 11.8. The number of rotatable bonds is 4. The summed E-state index contributed by atoms with van der Waals surface area (Å²) in [5, 5.41) is 3.28. The molecule has 0 heterocycles. The summed E-state index contributed by atoms with van der Waals surface area (Å²) in [7, 11) is 0. The van der Waals surface area contributed by atoms with E-state index in [2.05, 4.69) is 42.0 Å². The lowest BCUT2D eigenvalue weighted by molar-refractivity contribution is 1.14. The van der Waals surface area contributed by atoms with E-state index in [1.54, 1.807) is 6.20 Å². The first kappa shape index (κ1) is 13.2. The van der Waals surface area contributed by atoms with E-state index in [0.717, 1.165) is 23.5 Å². The molecule has 0 aliphatic heterocycles. The molecule has 2 nitrogen and oxygen atoms in total. The lowest BCUT2D eigenvalue weighted by Crippen LogP contribution is -2.07. The van der Waals surface area contributed by atoms with Crippen LogP contribution in [0, 0.1) is 0 Å². The van der Waals surface area contributed by atoms with Crippen molar-refractivity contribution in [3.8, 4) is 0 Å². The molecular formula is C15H20N2. The topological polar surface area (TPSA) is 24.4 Å². The third kappa shape index (κ3) is 4.27. The molecule has 0 aliphatic carbocycles. The standard InChI is InChI=1S/C15H20N2/c1-5-8-16-12(4)17-15-10-13(6-2)9-14(7-3)11-15/h5-6,8-11H,2,7H2,1,3-4H3,(H,16,17)/b8-5-. The zero-order valence-electron chi connectivity index (χ0n) is 10.8. The molecule has 0 unspecified atom stereocenters. The van der Waals surface area contributed by atoms with E-state index in [9.17, 15) is 0 Å². The largest absolute Gasteiger partial charge is 0.344 e. The van der Waals surface area contributed by atoms with Crippen molar-refractivity contribution in [3.05, 3.63) is 48.2 Å². The summed E-state index contributed by atoms with van der Waals surface area (Å²) in [6.45, 7) is 9.85. The Bertz CT molecular complexity index is 442. The van der Waals surface area contributed by atoms with Crippen molar-refractivity contribution in [1.29, 1.82) is 0 Å². The Labute approximate surface area is 104 Å². The summed E-state index contributed by atoms with van der Waals surface area (Å²) < 4.78 is 0. The highest BCUT2D eigenvalue weighted by Gasteiger charge is 1.98. The average Bonchev–Trinajstić information content (AvgIpc) is 2.35. The molecule has 0 aliphatic rings. The molecule has 1 aromatic rings. The van der Waals surface area contributed by atoms with Gasteiger partial charge in [0.25, 0.3) is 0 Å². The first-order valence-electron chi connectivity index (χ1n) is 5.88. The van der Waals surface area contributed by atoms with Crippen molar-refractivity contribution in [2.75, 3.05) is 5.32 Å². The van der Waals surface area contributed by atoms with Crippen molar-refractivity contribution in [1.82, 2.24) is 0 Å². The van der Waals surface area contributed by atoms with Crippen LogP contribution in [0.3, 0.4) is 0 Å². The fraction of sp³-hybridized carbons (Fsp3) is 0.267. The fourth-order valence-electron chi connectivity index (χ4n) is 1.54. The van der Waals surface area contributed by atoms with Gasteiger partial charge in [-0.15, -0.1) is 0 Å². The number of amidine groups is 1. The van der Waals surface area contributed by atoms with Crippen molar-refractivity contribution in [2.45, 2.75) is 27.2 Å². The van der Waals surface area contributed by atoms with Gasteiger partial charge in [0, 0.05) is 11.9 Å². The Morgan fingerprint density at radius 3 is 2.76 bits per heavy atom. The van der Waals surface area contributed by atoms with E-state index in [1.807, 2.05) is 26.0 Å². The molecular weight excluding hydrogens is 208 g/mol. The number of hydrogen-bond donors (Lipinski definition) is 1. The van der Waals surface area contributed by atoms with Crippen LogP contribution in [0.2, 0.25) is 0 Å². The lowest BCUT2D eigenvalue weighted by Gasteiger charge is -2.08. The molecule has 0 saturated heterocycles. The van der Waals surface area contributed by atoms with Gasteiger partial charge in [0.05, 0.1) is 0 Å². The second-order valence-electron chi connectivity index (χ2n) is 3.84. The SMILES string of the molecule is C=Cc1cc(CC)cc(N/C(C)=N/C=C\C)c1. The highest BCUT2D eigenvalue weighted by atomic mass is 15.0. The van der Waals surface area contributed by atoms with Crippen LogP contribution in [-0.4, -0.2) is 5.84 Å². The Balaban J connectivity index is 2.93. The zero-order chi connectivity index (χ0) is 12.7. The summed E-state index contributed by atoms with van der Waals surface area (Å²) in [6.07, 6.45) is 6.56. The number of aliphatic imine (C=N–C) groups is 1. The molecule has 0 bridgehead atoms. The summed E-state index contributed by atoms with van der Waals surface area (Å²) in [6, 6.07) is 6.36. The van der Waals surface area contributed by atoms with Gasteiger partial charge in [-0.2, -0.15) is 0 Å². The van der Waals surface area contributed by atoms with Gasteiger partial charge in [0.15, 0.2) is 0 Å². The van der Waals surface area contributed by atoms with Gasteiger partial charge in [0.1, 0.15) is 5.84 Å². The maximum absolute atomic E-state index is 4.25. The maximum Gasteiger partial charge on any atom is 0.103 e. The van der Waals surface area contributed by atoms with E-state index in [-0.39, 0.29) is 0 Å². The number of allylic oxidation sites excluding steroid dienone is 1. The van der Waals surface area contributed by atoms with E-state index >= 15 is 0 Å². The van der Waals surface area contributed by atoms with E-state index in [4.69, 9.17) is 0 Å². The predicted molar refractivity (Wildman–Crippen MR) is 77.5 cm³/mol. The Morgan fingerprint density at radius 2 is 2.18 bits per heavy atom. The van der Waals surface area contributed by atoms with Crippen LogP contribution >= 0.6 is 0 Å². The minimum atomic E-state index is 0.881. The van der Waals surface area contributed by atoms with Gasteiger partial charge in [0.2, 0.25) is 0 Å². The summed E-state index contributed by atoms with van der Waals surface area (Å²) in [5.74, 6) is 0.881. The van der Waals surface area contributed by atoms with Crippen LogP contribution in [0.1, 0.15) is 31.9 Å². The first-order chi connectivity index (χ1) is 8.19. The smallest absolute Gasteiger partial charge is 0.103 e. The van der Waals surface area contributed by atoms with Crippen LogP contribution in [0.4, 0.5) is 5.69 Å². The highest BCUT2D eigenvalue weighted by molar-refractivity contribution is 5.94. The third-order valence-electron chi connectivity index (χ3n) is 2.40. The maximum atomic E-state index is 4.25. The number of benzene rings is 1. The molecule has 1 aromatic carbocycles. The Kier molecular flexibility index (Phi) is 5.21. The van der Waals surface area contributed by atoms with Crippen molar-refractivity contribution >= 4 is 17.6 Å². The zero-order valence-corrected chi connectivity index (χ0v) is 10.8. The molecule has 0 fully saturated rings. The molecule has 17 heavy (non-hydrogen) atoms. The van der Waals surface area contributed by atoms with Crippen LogP contribution in [-0.2, 0) is 6.42 Å². The lowest BCUT2D eigenvalue weighted by atomic mass is 10.1. The monoisotopic (exact) mass is 228 g/mol. The summed E-state index contributed by atoms with van der Waals surface area (Å²) in [4.78, 5) is 4.25. The van der Waals surface area contributed by atoms with Crippen molar-refractivity contribution < 1.29 is 0 Å². The first-order valence-corrected chi connectivity index (χ1v) is 5.88. The summed E-state index contributed by atoms with van der Waals surface area (Å²) in [5.41, 5.74) is 3.49. The molecule has 1 N–H and O–H groups in total. The minimum absolute atomic E-state index is 0.881. The van der Waals surface area contributed by atoms with Crippen molar-refractivity contribution in [2.24, 2.45) is 4.99 Å². The average molecular weight is 228 g/mol. The second-order valence-corrected chi connectivity index (χ2v) is 3.84. The molecule has 1 rings (SSSR count). The molecule has 90 valence electrons. The molecule has 0 aromatic heterocycles. The number of nitrogens with zero attached hydrogens (tertiary/aromatic N) is 1. The number of aryl methyl sites for hydroxylation is 1. The second kappa shape index (κ2) is 6.69. The molecule has 0 amide bonds. The Hall–Kier alpha value is -1.83. The van der Waals surface area contributed by atoms with Crippen LogP contribution in [0.25, 0.3) is 6.08 Å². The summed E-state index contributed by atoms with van der Waals surface area (Å²) >= 11 is 0. The van der Waals surface area contributed by atoms with Crippen molar-refractivity contribution in [3.63, 3.8) is 0 Å². The number of anilines is 1. The van der Waals surface area contributed by atoms with Gasteiger partial charge in [-0.3, -0.25) is 0 Å². The van der Waals surface area contributed by atoms with Gasteiger partial charge >= 0.3 is 0 Å². The molecule has 0 saturated carbocycles. The van der Waals surface area contributed by atoms with Crippen LogP contribution in [0.15, 0.2) is 42.0 Å². The predicted octanol–water partition coefficient (Wildman–Crippen LogP) is 4.26. The van der Waals surface area contributed by atoms with Gasteiger partial charge in [-0.25, -0.2) is 4.99 Å².